The molecular weight excluding hydrogens is 586 g/mol. The number of benzene rings is 1. The first kappa shape index (κ1) is 26.0. The molecule has 0 saturated carbocycles. The van der Waals surface area contributed by atoms with E-state index in [9.17, 15) is 38.9 Å². The van der Waals surface area contributed by atoms with Gasteiger partial charge in [0.2, 0.25) is 0 Å². The summed E-state index contributed by atoms with van der Waals surface area (Å²) in [5.74, 6) is 0.106. The van der Waals surface area contributed by atoms with Gasteiger partial charge in [0.05, 0.1) is 33.1 Å². The third kappa shape index (κ3) is 4.30. The van der Waals surface area contributed by atoms with Crippen molar-refractivity contribution in [2.24, 2.45) is 4.99 Å². The van der Waals surface area contributed by atoms with Crippen LogP contribution in [0.4, 0.5) is 5.82 Å². The van der Waals surface area contributed by atoms with Crippen molar-refractivity contribution in [3.63, 3.8) is 0 Å². The van der Waals surface area contributed by atoms with Crippen LogP contribution in [-0.4, -0.2) is 58.8 Å². The molecule has 0 atom stereocenters. The van der Waals surface area contributed by atoms with E-state index in [1.54, 1.807) is 24.3 Å². The summed E-state index contributed by atoms with van der Waals surface area (Å²) in [6, 6.07) is 13.9. The minimum atomic E-state index is -5.03. The zero-order valence-corrected chi connectivity index (χ0v) is 22.2. The lowest BCUT2D eigenvalue weighted by molar-refractivity contribution is 0.493. The monoisotopic (exact) mass is 603 g/mol. The number of hydrogen-bond donors (Lipinski definition) is 7. The normalized spacial score (nSPS) is 14.5. The van der Waals surface area contributed by atoms with Gasteiger partial charge in [-0.1, -0.05) is 24.3 Å². The Labute approximate surface area is 224 Å². The topological polar surface area (TPSA) is 239 Å². The van der Waals surface area contributed by atoms with Crippen LogP contribution < -0.4 is 21.5 Å². The molecule has 1 aromatic carbocycles. The number of nitrogens with one attached hydrogen (secondary N) is 4. The molecule has 1 aliphatic heterocycles. The van der Waals surface area contributed by atoms with E-state index >= 15 is 0 Å². The number of H-pyrrole nitrogens is 4. The lowest BCUT2D eigenvalue weighted by atomic mass is 10.2. The molecule has 4 aromatic heterocycles. The van der Waals surface area contributed by atoms with Gasteiger partial charge in [0.15, 0.2) is 0 Å². The molecule has 0 amide bonds. The van der Waals surface area contributed by atoms with Crippen LogP contribution in [0.3, 0.4) is 0 Å². The highest BCUT2D eigenvalue weighted by Crippen LogP contribution is 2.24. The quantitative estimate of drug-likeness (QED) is 0.132. The van der Waals surface area contributed by atoms with E-state index in [4.69, 9.17) is 0 Å². The smallest absolute Gasteiger partial charge is 0.298 e. The SMILES string of the molecule is O=S(=O)(O)C1=c2ccc([nH]2)=C(S(=O)(=O)O)c2ccc([nH]2)C(S(=O)(=O)O)=c2[nH]c(c3ccccc23)=Nc2ccc1[nH]2. The van der Waals surface area contributed by atoms with E-state index in [0.29, 0.717) is 10.8 Å². The molecule has 0 fully saturated rings. The summed E-state index contributed by atoms with van der Waals surface area (Å²) in [5.41, 5.74) is -0.503. The molecule has 17 heteroatoms. The van der Waals surface area contributed by atoms with Crippen molar-refractivity contribution in [3.05, 3.63) is 99.3 Å². The molecule has 1 aliphatic rings. The van der Waals surface area contributed by atoms with Gasteiger partial charge in [-0.15, -0.1) is 0 Å². The maximum absolute atomic E-state index is 12.7. The first-order chi connectivity index (χ1) is 18.7. The van der Waals surface area contributed by atoms with Crippen molar-refractivity contribution in [3.8, 4) is 0 Å². The van der Waals surface area contributed by atoms with Crippen LogP contribution >= 0.6 is 0 Å². The summed E-state index contributed by atoms with van der Waals surface area (Å²) < 4.78 is 105. The van der Waals surface area contributed by atoms with Crippen LogP contribution in [0.5, 0.6) is 0 Å². The molecule has 206 valence electrons. The van der Waals surface area contributed by atoms with Gasteiger partial charge in [0.25, 0.3) is 30.4 Å². The van der Waals surface area contributed by atoms with Gasteiger partial charge in [-0.2, -0.15) is 25.3 Å². The fraction of sp³-hybridized carbons (Fsp3) is 0. The second kappa shape index (κ2) is 8.62. The number of rotatable bonds is 3. The van der Waals surface area contributed by atoms with Crippen molar-refractivity contribution >= 4 is 61.7 Å². The summed E-state index contributed by atoms with van der Waals surface area (Å²) in [6.07, 6.45) is 0. The molecule has 5 aromatic rings. The van der Waals surface area contributed by atoms with E-state index in [0.717, 1.165) is 12.1 Å². The Morgan fingerprint density at radius 2 is 1.02 bits per heavy atom. The maximum atomic E-state index is 12.7. The van der Waals surface area contributed by atoms with Gasteiger partial charge < -0.3 is 19.9 Å². The highest BCUT2D eigenvalue weighted by molar-refractivity contribution is 7.96. The molecule has 8 bridgehead atoms. The number of aromatic nitrogens is 4. The lowest BCUT2D eigenvalue weighted by Crippen LogP contribution is -2.22. The summed E-state index contributed by atoms with van der Waals surface area (Å²) in [5, 5.41) is 0.160. The number of hydrogen-bond acceptors (Lipinski definition) is 7. The van der Waals surface area contributed by atoms with Crippen LogP contribution in [0.1, 0.15) is 17.1 Å². The van der Waals surface area contributed by atoms with Crippen LogP contribution in [0.25, 0.3) is 25.5 Å². The van der Waals surface area contributed by atoms with E-state index in [1.807, 2.05) is 0 Å². The molecule has 0 unspecified atom stereocenters. The highest BCUT2D eigenvalue weighted by Gasteiger charge is 2.26. The van der Waals surface area contributed by atoms with Crippen LogP contribution in [-0.2, 0) is 30.4 Å². The zero-order chi connectivity index (χ0) is 28.6. The third-order valence-electron chi connectivity index (χ3n) is 6.19. The Bertz CT molecular complexity index is 2460. The summed E-state index contributed by atoms with van der Waals surface area (Å²) in [6.45, 7) is 0. The van der Waals surface area contributed by atoms with E-state index in [-0.39, 0.29) is 44.4 Å². The molecule has 0 saturated heterocycles. The predicted molar refractivity (Wildman–Crippen MR) is 143 cm³/mol. The maximum Gasteiger partial charge on any atom is 0.298 e. The zero-order valence-electron chi connectivity index (χ0n) is 19.7. The number of fused-ring (bicyclic) bond motifs is 11. The van der Waals surface area contributed by atoms with Crippen LogP contribution in [0, 0.1) is 0 Å². The average Bonchev–Trinajstić information content (AvgIpc) is 3.62. The minimum absolute atomic E-state index is 0.0788. The first-order valence-electron chi connectivity index (χ1n) is 11.2. The molecule has 40 heavy (non-hydrogen) atoms. The lowest BCUT2D eigenvalue weighted by Gasteiger charge is -2.04. The Morgan fingerprint density at radius 3 is 1.60 bits per heavy atom. The van der Waals surface area contributed by atoms with Gasteiger partial charge in [-0.05, 0) is 36.4 Å². The van der Waals surface area contributed by atoms with E-state index in [1.165, 1.54) is 24.3 Å². The standard InChI is InChI=1S/C23H17N5O9S3/c29-38(30,31)20-13-5-6-15(24-13)21(39(32,33)34)16-9-10-18(26-16)27-23-12-4-2-1-3-11(12)19(28-23)22(40(35,36)37)17-8-7-14(20)25-17/h1-10,24-25H,(H2,26,27,28)(H,29,30,31)(H,32,33,34)(H,35,36,37). The largest absolute Gasteiger partial charge is 0.353 e. The van der Waals surface area contributed by atoms with E-state index in [2.05, 4.69) is 24.9 Å². The second-order valence-electron chi connectivity index (χ2n) is 8.75. The number of nitrogens with zero attached hydrogens (tertiary/aromatic N) is 1. The predicted octanol–water partition coefficient (Wildman–Crippen LogP) is -0.450. The van der Waals surface area contributed by atoms with Gasteiger partial charge in [0, 0.05) is 10.8 Å². The fourth-order valence-corrected chi connectivity index (χ4v) is 7.10. The summed E-state index contributed by atoms with van der Waals surface area (Å²) in [7, 11) is -14.9. The second-order valence-corrected chi connectivity index (χ2v) is 12.8. The van der Waals surface area contributed by atoms with Gasteiger partial charge in [-0.25, -0.2) is 4.99 Å². The van der Waals surface area contributed by atoms with Crippen molar-refractivity contribution in [2.75, 3.05) is 0 Å². The van der Waals surface area contributed by atoms with Gasteiger partial charge in [0.1, 0.15) is 26.0 Å². The Balaban J connectivity index is 1.89. The van der Waals surface area contributed by atoms with Crippen molar-refractivity contribution < 1.29 is 38.9 Å². The molecule has 0 radical (unpaired) electrons. The summed E-state index contributed by atoms with van der Waals surface area (Å²) in [4.78, 5) is 13.2. The Hall–Kier alpha value is -4.26. The average molecular weight is 604 g/mol. The van der Waals surface area contributed by atoms with Gasteiger partial charge >= 0.3 is 0 Å². The summed E-state index contributed by atoms with van der Waals surface area (Å²) >= 11 is 0. The van der Waals surface area contributed by atoms with Crippen LogP contribution in [0.2, 0.25) is 0 Å². The molecular formula is C23H17N5O9S3. The van der Waals surface area contributed by atoms with Crippen molar-refractivity contribution in [1.82, 2.24) is 19.9 Å². The van der Waals surface area contributed by atoms with Crippen LogP contribution in [0.15, 0.2) is 65.7 Å². The van der Waals surface area contributed by atoms with Crippen molar-refractivity contribution in [1.29, 1.82) is 0 Å². The molecule has 7 N–H and O–H groups in total. The Kier molecular flexibility index (Phi) is 5.60. The fourth-order valence-electron chi connectivity index (χ4n) is 4.70. The van der Waals surface area contributed by atoms with E-state index < -0.39 is 45.1 Å². The molecule has 6 rings (SSSR count). The first-order valence-corrected chi connectivity index (χ1v) is 15.5. The highest BCUT2D eigenvalue weighted by atomic mass is 32.2. The Morgan fingerprint density at radius 1 is 0.525 bits per heavy atom. The molecule has 0 aliphatic carbocycles. The number of aromatic amines is 4. The van der Waals surface area contributed by atoms with Crippen molar-refractivity contribution in [2.45, 2.75) is 0 Å². The minimum Gasteiger partial charge on any atom is -0.353 e. The molecule has 14 nitrogen and oxygen atoms in total. The molecule has 0 spiro atoms. The van der Waals surface area contributed by atoms with Gasteiger partial charge in [-0.3, -0.25) is 13.7 Å². The third-order valence-corrected chi connectivity index (χ3v) is 9.05. The molecule has 5 heterocycles.